The summed E-state index contributed by atoms with van der Waals surface area (Å²) in [5.41, 5.74) is 2.68. The van der Waals surface area contributed by atoms with Gasteiger partial charge in [-0.15, -0.1) is 8.58 Å². The van der Waals surface area contributed by atoms with Gasteiger partial charge in [0, 0.05) is 11.1 Å². The van der Waals surface area contributed by atoms with Crippen LogP contribution in [0.1, 0.15) is 40.4 Å². The van der Waals surface area contributed by atoms with E-state index in [9.17, 15) is 19.8 Å². The number of aliphatic carboxylic acids is 1. The summed E-state index contributed by atoms with van der Waals surface area (Å²) >= 11 is 0. The van der Waals surface area contributed by atoms with Crippen molar-refractivity contribution in [3.8, 4) is 11.5 Å². The fraction of sp³-hybridized carbons (Fsp3) is 0.444. The van der Waals surface area contributed by atoms with E-state index in [0.717, 1.165) is 11.1 Å². The number of rotatable bonds is 7. The van der Waals surface area contributed by atoms with Crippen molar-refractivity contribution in [2.75, 3.05) is 13.8 Å². The zero-order chi connectivity index (χ0) is 18.7. The largest absolute Gasteiger partial charge is 0.507 e. The van der Waals surface area contributed by atoms with Crippen molar-refractivity contribution < 1.29 is 29.3 Å². The van der Waals surface area contributed by atoms with Crippen molar-refractivity contribution in [2.45, 2.75) is 39.0 Å². The summed E-state index contributed by atoms with van der Waals surface area (Å²) < 4.78 is 10.5. The predicted octanol–water partition coefficient (Wildman–Crippen LogP) is 3.02. The van der Waals surface area contributed by atoms with Gasteiger partial charge in [0.15, 0.2) is 0 Å². The highest BCUT2D eigenvalue weighted by molar-refractivity contribution is 7.39. The van der Waals surface area contributed by atoms with Crippen LogP contribution in [0.25, 0.3) is 0 Å². The molecule has 2 rings (SSSR count). The minimum absolute atomic E-state index is 0.115. The SMILES string of the molecule is COc1c(C)c2c(c(O)c1CC=C(C)CC(PC)C(=O)O)C(=O)OC2. The first kappa shape index (κ1) is 19.3. The van der Waals surface area contributed by atoms with Gasteiger partial charge in [-0.1, -0.05) is 11.6 Å². The van der Waals surface area contributed by atoms with E-state index in [1.165, 1.54) is 7.11 Å². The number of benzene rings is 1. The van der Waals surface area contributed by atoms with Gasteiger partial charge in [-0.25, -0.2) is 4.79 Å². The van der Waals surface area contributed by atoms with E-state index in [2.05, 4.69) is 0 Å². The maximum absolute atomic E-state index is 11.9. The average Bonchev–Trinajstić information content (AvgIpc) is 2.96. The number of hydrogen-bond donors (Lipinski definition) is 2. The standard InChI is InChI=1S/C18H23O6P/c1-9(7-13(25-4)17(20)21)5-6-11-15(19)14-12(8-24-18(14)22)10(2)16(11)23-3/h5,13,19,25H,6-8H2,1-4H3,(H,20,21). The van der Waals surface area contributed by atoms with Gasteiger partial charge in [0.05, 0.1) is 12.8 Å². The number of hydrogen-bond acceptors (Lipinski definition) is 5. The molecule has 25 heavy (non-hydrogen) atoms. The number of ether oxygens (including phenoxy) is 2. The van der Waals surface area contributed by atoms with Crippen LogP contribution < -0.4 is 4.74 Å². The van der Waals surface area contributed by atoms with Crippen molar-refractivity contribution in [3.63, 3.8) is 0 Å². The highest BCUT2D eigenvalue weighted by Gasteiger charge is 2.31. The van der Waals surface area contributed by atoms with Crippen molar-refractivity contribution >= 4 is 20.5 Å². The number of esters is 1. The Morgan fingerprint density at radius 2 is 2.16 bits per heavy atom. The van der Waals surface area contributed by atoms with Gasteiger partial charge in [0.1, 0.15) is 23.7 Å². The van der Waals surface area contributed by atoms with Crippen LogP contribution in [0.2, 0.25) is 0 Å². The smallest absolute Gasteiger partial charge is 0.342 e. The molecule has 0 spiro atoms. The Morgan fingerprint density at radius 1 is 1.48 bits per heavy atom. The van der Waals surface area contributed by atoms with Crippen LogP contribution in [-0.2, 0) is 22.6 Å². The fourth-order valence-corrected chi connectivity index (χ4v) is 3.80. The molecule has 2 atom stereocenters. The Balaban J connectivity index is 2.35. The van der Waals surface area contributed by atoms with Gasteiger partial charge in [-0.05, 0) is 38.9 Å². The number of carbonyl (C=O) groups is 2. The molecule has 1 aliphatic rings. The molecule has 0 saturated carbocycles. The summed E-state index contributed by atoms with van der Waals surface area (Å²) in [6.45, 7) is 5.71. The number of carboxylic acid groups (broad SMARTS) is 1. The number of fused-ring (bicyclic) bond motifs is 1. The third kappa shape index (κ3) is 3.79. The summed E-state index contributed by atoms with van der Waals surface area (Å²) in [6, 6.07) is 0. The van der Waals surface area contributed by atoms with Crippen LogP contribution in [0.15, 0.2) is 11.6 Å². The van der Waals surface area contributed by atoms with Crippen molar-refractivity contribution in [2.24, 2.45) is 0 Å². The van der Waals surface area contributed by atoms with Crippen LogP contribution in [0.5, 0.6) is 11.5 Å². The number of phenols is 1. The molecule has 1 aliphatic heterocycles. The van der Waals surface area contributed by atoms with E-state index in [1.54, 1.807) is 0 Å². The summed E-state index contributed by atoms with van der Waals surface area (Å²) in [4.78, 5) is 23.1. The molecule has 1 aromatic rings. The van der Waals surface area contributed by atoms with Crippen molar-refractivity contribution in [3.05, 3.63) is 33.9 Å². The second kappa shape index (κ2) is 7.87. The highest BCUT2D eigenvalue weighted by atomic mass is 31.1. The van der Waals surface area contributed by atoms with Crippen LogP contribution >= 0.6 is 8.58 Å². The van der Waals surface area contributed by atoms with Gasteiger partial charge in [0.2, 0.25) is 0 Å². The van der Waals surface area contributed by atoms with E-state index >= 15 is 0 Å². The maximum Gasteiger partial charge on any atom is 0.342 e. The minimum Gasteiger partial charge on any atom is -0.507 e. The average molecular weight is 366 g/mol. The molecular formula is C18H23O6P. The van der Waals surface area contributed by atoms with Gasteiger partial charge >= 0.3 is 11.9 Å². The molecule has 7 heteroatoms. The lowest BCUT2D eigenvalue weighted by atomic mass is 9.94. The molecule has 1 aromatic carbocycles. The Kier molecular flexibility index (Phi) is 6.07. The summed E-state index contributed by atoms with van der Waals surface area (Å²) in [5.74, 6) is -0.912. The number of carboxylic acids is 1. The molecule has 1 heterocycles. The number of cyclic esters (lactones) is 1. The molecule has 0 bridgehead atoms. The maximum atomic E-state index is 11.9. The van der Waals surface area contributed by atoms with Crippen LogP contribution in [0.3, 0.4) is 0 Å². The van der Waals surface area contributed by atoms with Gasteiger partial charge < -0.3 is 19.7 Å². The molecule has 0 radical (unpaired) electrons. The molecular weight excluding hydrogens is 343 g/mol. The molecule has 2 N–H and O–H groups in total. The Hall–Kier alpha value is -2.07. The zero-order valence-electron chi connectivity index (χ0n) is 14.8. The second-order valence-corrected chi connectivity index (χ2v) is 7.33. The van der Waals surface area contributed by atoms with Crippen LogP contribution in [0, 0.1) is 6.92 Å². The second-order valence-electron chi connectivity index (χ2n) is 6.05. The van der Waals surface area contributed by atoms with Gasteiger partial charge in [-0.2, -0.15) is 0 Å². The summed E-state index contributed by atoms with van der Waals surface area (Å²) in [6.07, 6.45) is 2.68. The number of phenolic OH excluding ortho intramolecular Hbond substituents is 1. The van der Waals surface area contributed by atoms with Crippen molar-refractivity contribution in [1.29, 1.82) is 0 Å². The molecule has 0 aromatic heterocycles. The Morgan fingerprint density at radius 3 is 2.72 bits per heavy atom. The first-order valence-electron chi connectivity index (χ1n) is 7.95. The van der Waals surface area contributed by atoms with Crippen molar-refractivity contribution in [1.82, 2.24) is 0 Å². The number of allylic oxidation sites excluding steroid dienone is 2. The van der Waals surface area contributed by atoms with E-state index in [1.807, 2.05) is 26.6 Å². The number of carbonyl (C=O) groups excluding carboxylic acids is 1. The quantitative estimate of drug-likeness (QED) is 0.438. The van der Waals surface area contributed by atoms with Crippen LogP contribution in [-0.4, -0.2) is 41.6 Å². The lowest BCUT2D eigenvalue weighted by molar-refractivity contribution is -0.136. The highest BCUT2D eigenvalue weighted by Crippen LogP contribution is 2.42. The molecule has 0 saturated heterocycles. The number of methoxy groups -OCH3 is 1. The minimum atomic E-state index is -0.801. The van der Waals surface area contributed by atoms with Gasteiger partial charge in [0.25, 0.3) is 0 Å². The normalized spacial score (nSPS) is 15.4. The monoisotopic (exact) mass is 366 g/mol. The lowest BCUT2D eigenvalue weighted by Gasteiger charge is -2.16. The fourth-order valence-electron chi connectivity index (χ4n) is 3.02. The number of aromatic hydroxyl groups is 1. The van der Waals surface area contributed by atoms with Crippen LogP contribution in [0.4, 0.5) is 0 Å². The molecule has 0 amide bonds. The topological polar surface area (TPSA) is 93.1 Å². The predicted molar refractivity (Wildman–Crippen MR) is 96.3 cm³/mol. The molecule has 6 nitrogen and oxygen atoms in total. The van der Waals surface area contributed by atoms with E-state index in [0.29, 0.717) is 38.3 Å². The van der Waals surface area contributed by atoms with Gasteiger partial charge in [-0.3, -0.25) is 4.79 Å². The molecule has 0 aliphatic carbocycles. The molecule has 0 fully saturated rings. The van der Waals surface area contributed by atoms with E-state index in [4.69, 9.17) is 9.47 Å². The summed E-state index contributed by atoms with van der Waals surface area (Å²) in [5, 5.41) is 19.7. The molecule has 2 unspecified atom stereocenters. The lowest BCUT2D eigenvalue weighted by Crippen LogP contribution is -2.14. The third-order valence-electron chi connectivity index (χ3n) is 4.47. The van der Waals surface area contributed by atoms with E-state index < -0.39 is 17.6 Å². The summed E-state index contributed by atoms with van der Waals surface area (Å²) in [7, 11) is 1.83. The third-order valence-corrected chi connectivity index (χ3v) is 5.62. The zero-order valence-corrected chi connectivity index (χ0v) is 15.8. The molecule has 136 valence electrons. The Labute approximate surface area is 148 Å². The van der Waals surface area contributed by atoms with E-state index in [-0.39, 0.29) is 17.9 Å². The Bertz CT molecular complexity index is 738. The first-order chi connectivity index (χ1) is 11.8. The first-order valence-corrected chi connectivity index (χ1v) is 9.53.